The normalized spacial score (nSPS) is 18.0. The van der Waals surface area contributed by atoms with Crippen LogP contribution in [0.4, 0.5) is 4.39 Å². The van der Waals surface area contributed by atoms with Crippen molar-refractivity contribution in [1.29, 1.82) is 0 Å². The Balaban J connectivity index is 1.43. The minimum atomic E-state index is -0.654. The molecule has 1 saturated heterocycles. The number of piperidine rings is 1. The van der Waals surface area contributed by atoms with E-state index in [0.29, 0.717) is 47.3 Å². The number of likely N-dealkylation sites (tertiary alicyclic amines) is 1. The van der Waals surface area contributed by atoms with Crippen molar-refractivity contribution in [2.45, 2.75) is 24.9 Å². The number of ketones is 1. The van der Waals surface area contributed by atoms with Crippen molar-refractivity contribution in [2.75, 3.05) is 13.1 Å². The Morgan fingerprint density at radius 3 is 2.52 bits per heavy atom. The van der Waals surface area contributed by atoms with Crippen LogP contribution < -0.4 is 4.74 Å². The molecule has 0 N–H and O–H groups in total. The smallest absolute Gasteiger partial charge is 0.246 e. The summed E-state index contributed by atoms with van der Waals surface area (Å²) in [7, 11) is 0. The van der Waals surface area contributed by atoms with Crippen LogP contribution in [0.15, 0.2) is 42.5 Å². The molecule has 1 amide bonds. The third-order valence-electron chi connectivity index (χ3n) is 5.38. The summed E-state index contributed by atoms with van der Waals surface area (Å²) in [5.74, 6) is -0.118. The number of amides is 1. The van der Waals surface area contributed by atoms with Crippen molar-refractivity contribution in [2.24, 2.45) is 0 Å². The van der Waals surface area contributed by atoms with Gasteiger partial charge < -0.3 is 9.64 Å². The van der Waals surface area contributed by atoms with Crippen LogP contribution >= 0.6 is 23.2 Å². The maximum absolute atomic E-state index is 13.0. The Bertz CT molecular complexity index is 996. The van der Waals surface area contributed by atoms with E-state index < -0.39 is 5.60 Å². The molecule has 7 heteroatoms. The lowest BCUT2D eigenvalue weighted by Gasteiger charge is -2.44. The number of hydrogen-bond donors (Lipinski definition) is 0. The van der Waals surface area contributed by atoms with E-state index in [1.54, 1.807) is 35.2 Å². The third kappa shape index (κ3) is 4.16. The second-order valence-electron chi connectivity index (χ2n) is 7.36. The summed E-state index contributed by atoms with van der Waals surface area (Å²) in [6, 6.07) is 9.06. The summed E-state index contributed by atoms with van der Waals surface area (Å²) in [5.41, 5.74) is 0.507. The van der Waals surface area contributed by atoms with Crippen LogP contribution in [-0.4, -0.2) is 35.3 Å². The van der Waals surface area contributed by atoms with E-state index in [4.69, 9.17) is 27.9 Å². The summed E-state index contributed by atoms with van der Waals surface area (Å²) in [6.45, 7) is 0.945. The zero-order valence-electron chi connectivity index (χ0n) is 15.5. The van der Waals surface area contributed by atoms with Gasteiger partial charge in [0.1, 0.15) is 17.2 Å². The van der Waals surface area contributed by atoms with Crippen molar-refractivity contribution in [3.8, 4) is 5.75 Å². The Morgan fingerprint density at radius 1 is 1.14 bits per heavy atom. The molecule has 1 spiro atoms. The molecule has 2 aliphatic heterocycles. The highest BCUT2D eigenvalue weighted by molar-refractivity contribution is 6.36. The average Bonchev–Trinajstić information content (AvgIpc) is 2.69. The number of rotatable bonds is 2. The second kappa shape index (κ2) is 7.81. The molecule has 0 aliphatic carbocycles. The van der Waals surface area contributed by atoms with Gasteiger partial charge in [0.15, 0.2) is 5.78 Å². The summed E-state index contributed by atoms with van der Waals surface area (Å²) >= 11 is 12.2. The quantitative estimate of drug-likeness (QED) is 0.613. The van der Waals surface area contributed by atoms with Crippen molar-refractivity contribution in [1.82, 2.24) is 4.90 Å². The van der Waals surface area contributed by atoms with E-state index in [1.165, 1.54) is 18.2 Å². The van der Waals surface area contributed by atoms with E-state index in [-0.39, 0.29) is 23.9 Å². The highest BCUT2D eigenvalue weighted by atomic mass is 35.5. The zero-order valence-corrected chi connectivity index (χ0v) is 17.0. The Hall–Kier alpha value is -2.37. The molecule has 150 valence electrons. The van der Waals surface area contributed by atoms with E-state index >= 15 is 0 Å². The summed E-state index contributed by atoms with van der Waals surface area (Å²) in [5, 5.41) is 0.718. The average molecular weight is 434 g/mol. The van der Waals surface area contributed by atoms with Crippen molar-refractivity contribution >= 4 is 41.0 Å². The lowest BCUT2D eigenvalue weighted by molar-refractivity contribution is -0.129. The van der Waals surface area contributed by atoms with Gasteiger partial charge in [-0.25, -0.2) is 4.39 Å². The van der Waals surface area contributed by atoms with Gasteiger partial charge in [0.25, 0.3) is 0 Å². The van der Waals surface area contributed by atoms with Gasteiger partial charge in [-0.3, -0.25) is 9.59 Å². The molecular weight excluding hydrogens is 416 g/mol. The third-order valence-corrected chi connectivity index (χ3v) is 5.88. The van der Waals surface area contributed by atoms with Crippen LogP contribution in [0.3, 0.4) is 0 Å². The molecule has 0 bridgehead atoms. The molecule has 0 saturated carbocycles. The van der Waals surface area contributed by atoms with Crippen LogP contribution in [0.1, 0.15) is 35.2 Å². The molecule has 2 aromatic carbocycles. The fourth-order valence-electron chi connectivity index (χ4n) is 3.77. The standard InChI is InChI=1S/C22H18Cl2FNO3/c23-15-11-17-19(27)13-22(29-21(17)18(24)12-15)7-9-26(10-8-22)20(28)6-3-14-1-4-16(25)5-2-14/h1-6,11-12H,7-10,13H2/b6-3+. The number of carbonyl (C=O) groups excluding carboxylic acids is 2. The maximum atomic E-state index is 13.0. The zero-order chi connectivity index (χ0) is 20.6. The molecule has 2 aliphatic rings. The summed E-state index contributed by atoms with van der Waals surface area (Å²) < 4.78 is 19.1. The van der Waals surface area contributed by atoms with E-state index in [1.807, 2.05) is 0 Å². The lowest BCUT2D eigenvalue weighted by Crippen LogP contribution is -2.52. The SMILES string of the molecule is O=C1CC2(CCN(C(=O)/C=C/c3ccc(F)cc3)CC2)Oc2c(Cl)cc(Cl)cc21. The molecule has 2 aromatic rings. The lowest BCUT2D eigenvalue weighted by atomic mass is 9.82. The van der Waals surface area contributed by atoms with Gasteiger partial charge in [0, 0.05) is 37.0 Å². The molecule has 4 rings (SSSR count). The predicted molar refractivity (Wildman–Crippen MR) is 110 cm³/mol. The largest absolute Gasteiger partial charge is 0.484 e. The molecule has 29 heavy (non-hydrogen) atoms. The van der Waals surface area contributed by atoms with Crippen LogP contribution in [-0.2, 0) is 4.79 Å². The summed E-state index contributed by atoms with van der Waals surface area (Å²) in [4.78, 5) is 26.9. The van der Waals surface area contributed by atoms with Gasteiger partial charge in [0.05, 0.1) is 17.0 Å². The van der Waals surface area contributed by atoms with Gasteiger partial charge in [-0.2, -0.15) is 0 Å². The van der Waals surface area contributed by atoms with Crippen LogP contribution in [0.5, 0.6) is 5.75 Å². The van der Waals surface area contributed by atoms with E-state index in [2.05, 4.69) is 0 Å². The van der Waals surface area contributed by atoms with Crippen molar-refractivity contribution in [3.05, 3.63) is 69.5 Å². The van der Waals surface area contributed by atoms with Crippen LogP contribution in [0, 0.1) is 5.82 Å². The monoisotopic (exact) mass is 433 g/mol. The molecule has 1 fully saturated rings. The minimum Gasteiger partial charge on any atom is -0.484 e. The molecule has 0 unspecified atom stereocenters. The second-order valence-corrected chi connectivity index (χ2v) is 8.20. The highest BCUT2D eigenvalue weighted by Gasteiger charge is 2.44. The number of halogens is 3. The number of ether oxygens (including phenoxy) is 1. The fraction of sp³-hybridized carbons (Fsp3) is 0.273. The van der Waals surface area contributed by atoms with E-state index in [0.717, 1.165) is 5.56 Å². The fourth-order valence-corrected chi connectivity index (χ4v) is 4.30. The Kier molecular flexibility index (Phi) is 5.36. The Morgan fingerprint density at radius 2 is 1.83 bits per heavy atom. The first kappa shape index (κ1) is 19.9. The highest BCUT2D eigenvalue weighted by Crippen LogP contribution is 2.44. The number of carbonyl (C=O) groups is 2. The number of benzene rings is 2. The molecule has 0 atom stereocenters. The number of fused-ring (bicyclic) bond motifs is 1. The van der Waals surface area contributed by atoms with Crippen molar-refractivity contribution < 1.29 is 18.7 Å². The minimum absolute atomic E-state index is 0.0494. The van der Waals surface area contributed by atoms with Gasteiger partial charge in [-0.15, -0.1) is 0 Å². The molecule has 4 nitrogen and oxygen atoms in total. The van der Waals surface area contributed by atoms with Crippen LogP contribution in [0.25, 0.3) is 6.08 Å². The van der Waals surface area contributed by atoms with Gasteiger partial charge >= 0.3 is 0 Å². The molecule has 0 radical (unpaired) electrons. The topological polar surface area (TPSA) is 46.6 Å². The molecular formula is C22H18Cl2FNO3. The number of Topliss-reactive ketones (excluding diaryl/α,β-unsaturated/α-hetero) is 1. The van der Waals surface area contributed by atoms with E-state index in [9.17, 15) is 14.0 Å². The number of nitrogens with zero attached hydrogens (tertiary/aromatic N) is 1. The van der Waals surface area contributed by atoms with Crippen LogP contribution in [0.2, 0.25) is 10.0 Å². The molecule has 2 heterocycles. The Labute approximate surface area is 177 Å². The van der Waals surface area contributed by atoms with Gasteiger partial charge in [-0.05, 0) is 35.9 Å². The predicted octanol–water partition coefficient (Wildman–Crippen LogP) is 5.17. The maximum Gasteiger partial charge on any atom is 0.246 e. The summed E-state index contributed by atoms with van der Waals surface area (Å²) in [6.07, 6.45) is 4.45. The van der Waals surface area contributed by atoms with Gasteiger partial charge in [-0.1, -0.05) is 35.3 Å². The number of hydrogen-bond acceptors (Lipinski definition) is 3. The first-order chi connectivity index (χ1) is 13.8. The van der Waals surface area contributed by atoms with Gasteiger partial charge in [0.2, 0.25) is 5.91 Å². The molecule has 0 aromatic heterocycles. The first-order valence-corrected chi connectivity index (χ1v) is 10.0. The van der Waals surface area contributed by atoms with Crippen molar-refractivity contribution in [3.63, 3.8) is 0 Å². The first-order valence-electron chi connectivity index (χ1n) is 9.29.